The number of carbonyl (C=O) groups is 4. The number of hydrogen-bond donors (Lipinski definition) is 4. The minimum Gasteiger partial charge on any atom is -0.453 e. The minimum atomic E-state index is -4.51. The molecule has 4 N–H and O–H groups in total. The molecule has 6 heterocycles. The quantitative estimate of drug-likeness (QED) is 0.0856. The lowest BCUT2D eigenvalue weighted by Gasteiger charge is -2.38. The Morgan fingerprint density at radius 2 is 1.14 bits per heavy atom. The Bertz CT molecular complexity index is 3300. The molecule has 4 aromatic carbocycles. The number of anilines is 3. The van der Waals surface area contributed by atoms with Crippen LogP contribution in [0.1, 0.15) is 117 Å². The van der Waals surface area contributed by atoms with E-state index in [-0.39, 0.29) is 96.8 Å². The van der Waals surface area contributed by atoms with Crippen LogP contribution < -0.4 is 25.3 Å². The first-order valence-corrected chi connectivity index (χ1v) is 27.1. The van der Waals surface area contributed by atoms with Gasteiger partial charge in [0.25, 0.3) is 0 Å². The maximum absolute atomic E-state index is 17.0. The van der Waals surface area contributed by atoms with Gasteiger partial charge in [0.15, 0.2) is 11.6 Å². The van der Waals surface area contributed by atoms with Crippen LogP contribution in [-0.2, 0) is 25.2 Å². The van der Waals surface area contributed by atoms with E-state index in [9.17, 15) is 32.3 Å². The van der Waals surface area contributed by atoms with Crippen LogP contribution in [0.25, 0.3) is 22.1 Å². The number of fused-ring (bicyclic) bond motifs is 2. The Labute approximate surface area is 455 Å². The molecule has 5 fully saturated rings. The molecule has 80 heavy (non-hydrogen) atoms. The van der Waals surface area contributed by atoms with Gasteiger partial charge < -0.3 is 54.6 Å². The standard InChI is InChI=1S/C56H60F7N11O6/c1-79-54(77)64-29-48(75)72-17-5-9-46(72)51-65-40-25-34(36(57)27-42(40)67-51)44-15-16-45(74(44)33-23-38(59)50(39(60)24-33)71-21-19-70(20-22-71)32-13-11-31(12-14-32)56(61,62)63)35-26-41-43(28-37(35)58)68-52(66-41)47-10-6-18-73(47)53(76)49(69-55(78)80-2)30-7-3-4-8-30/h11-14,23-28,30,44-47,49H,3-10,15-22,29H2,1-2H3,(H,64,77)(H,65,67)(H,66,68)(H,69,78)/t44-,45-,46+,47+,49?/m1/s1. The number of rotatable bonds is 12. The van der Waals surface area contributed by atoms with Gasteiger partial charge in [-0.15, -0.1) is 0 Å². The third-order valence-corrected chi connectivity index (χ3v) is 16.7. The molecule has 4 saturated heterocycles. The number of H-pyrrole nitrogens is 2. The molecule has 5 aliphatic rings. The Balaban J connectivity index is 0.916. The fourth-order valence-electron chi connectivity index (χ4n) is 12.8. The molecule has 17 nitrogen and oxygen atoms in total. The van der Waals surface area contributed by atoms with E-state index in [0.717, 1.165) is 49.9 Å². The molecule has 24 heteroatoms. The average Bonchev–Trinajstić information content (AvgIpc) is 4.34. The number of carbonyl (C=O) groups excluding carboxylic acids is 4. The number of alkyl carbamates (subject to hydrolysis) is 2. The maximum atomic E-state index is 17.0. The summed E-state index contributed by atoms with van der Waals surface area (Å²) in [6, 6.07) is 9.04. The third-order valence-electron chi connectivity index (χ3n) is 16.7. The van der Waals surface area contributed by atoms with E-state index in [1.807, 2.05) is 4.90 Å². The zero-order valence-corrected chi connectivity index (χ0v) is 44.0. The van der Waals surface area contributed by atoms with Gasteiger partial charge in [0, 0.05) is 73.9 Å². The van der Waals surface area contributed by atoms with E-state index in [2.05, 4.69) is 30.3 Å². The number of alkyl halides is 3. The number of aromatic nitrogens is 4. The van der Waals surface area contributed by atoms with Crippen molar-refractivity contribution < 1.29 is 59.4 Å². The molecular formula is C56H60F7N11O6. The van der Waals surface area contributed by atoms with Gasteiger partial charge in [-0.2, -0.15) is 13.2 Å². The summed E-state index contributed by atoms with van der Waals surface area (Å²) in [5, 5.41) is 5.17. The molecule has 0 bridgehead atoms. The number of aromatic amines is 2. The molecule has 5 atom stereocenters. The van der Waals surface area contributed by atoms with Gasteiger partial charge in [0.2, 0.25) is 11.8 Å². The van der Waals surface area contributed by atoms with Gasteiger partial charge >= 0.3 is 18.4 Å². The number of halogens is 7. The van der Waals surface area contributed by atoms with Crippen LogP contribution in [0, 0.1) is 29.2 Å². The highest BCUT2D eigenvalue weighted by molar-refractivity contribution is 5.87. The number of likely N-dealkylation sites (tertiary alicyclic amines) is 2. The molecule has 424 valence electrons. The number of nitrogens with zero attached hydrogens (tertiary/aromatic N) is 7. The number of ether oxygens (including phenoxy) is 2. The Kier molecular flexibility index (Phi) is 14.9. The number of amides is 4. The highest BCUT2D eigenvalue weighted by atomic mass is 19.4. The molecule has 1 aliphatic carbocycles. The van der Waals surface area contributed by atoms with Crippen molar-refractivity contribution in [1.82, 2.24) is 40.4 Å². The fourth-order valence-corrected chi connectivity index (χ4v) is 12.8. The summed E-state index contributed by atoms with van der Waals surface area (Å²) in [6.45, 7) is 1.26. The van der Waals surface area contributed by atoms with Crippen LogP contribution in [0.15, 0.2) is 60.7 Å². The number of benzene rings is 4. The van der Waals surface area contributed by atoms with Gasteiger partial charge in [0.1, 0.15) is 41.6 Å². The molecule has 4 amide bonds. The largest absolute Gasteiger partial charge is 0.453 e. The molecule has 0 radical (unpaired) electrons. The monoisotopic (exact) mass is 1120 g/mol. The molecule has 2 aromatic heterocycles. The highest BCUT2D eigenvalue weighted by Crippen LogP contribution is 2.50. The summed E-state index contributed by atoms with van der Waals surface area (Å²) in [7, 11) is 2.43. The third kappa shape index (κ3) is 10.5. The van der Waals surface area contributed by atoms with Gasteiger partial charge in [-0.3, -0.25) is 9.59 Å². The van der Waals surface area contributed by atoms with Crippen LogP contribution in [0.2, 0.25) is 0 Å². The first-order chi connectivity index (χ1) is 38.5. The van der Waals surface area contributed by atoms with E-state index in [4.69, 9.17) is 9.72 Å². The second kappa shape index (κ2) is 22.0. The molecule has 6 aromatic rings. The number of methoxy groups -OCH3 is 2. The molecular weight excluding hydrogens is 1060 g/mol. The SMILES string of the molecule is COC(=O)NCC(=O)N1CCC[C@H]1c1nc2cc(F)c([C@H]3CC[C@H](c4cc5[nH]c([C@@H]6CCCN6C(=O)C(NC(=O)OC)C6CCCC6)nc5cc4F)N3c3cc(F)c(N4CCN(c5ccc(C(F)(F)F)cc5)CC4)c(F)c3)cc2[nH]1. The molecule has 11 rings (SSSR count). The zero-order valence-electron chi connectivity index (χ0n) is 44.0. The zero-order chi connectivity index (χ0) is 56.1. The first-order valence-electron chi connectivity index (χ1n) is 27.1. The summed E-state index contributed by atoms with van der Waals surface area (Å²) in [5.74, 6) is -3.09. The van der Waals surface area contributed by atoms with E-state index in [1.165, 1.54) is 43.4 Å². The lowest BCUT2D eigenvalue weighted by atomic mass is 9.96. The molecule has 0 spiro atoms. The first kappa shape index (κ1) is 54.2. The van der Waals surface area contributed by atoms with E-state index < -0.39 is 77.4 Å². The van der Waals surface area contributed by atoms with Crippen molar-refractivity contribution >= 4 is 63.1 Å². The second-order valence-corrected chi connectivity index (χ2v) is 21.3. The van der Waals surface area contributed by atoms with Crippen molar-refractivity contribution in [2.75, 3.05) is 74.7 Å². The van der Waals surface area contributed by atoms with Crippen molar-refractivity contribution in [2.24, 2.45) is 5.92 Å². The van der Waals surface area contributed by atoms with Crippen molar-refractivity contribution in [3.05, 3.63) is 112 Å². The number of nitrogens with one attached hydrogen (secondary N) is 4. The number of piperazine rings is 1. The lowest BCUT2D eigenvalue weighted by molar-refractivity contribution is -0.137. The second-order valence-electron chi connectivity index (χ2n) is 21.3. The van der Waals surface area contributed by atoms with Crippen LogP contribution >= 0.6 is 0 Å². The molecule has 4 aliphatic heterocycles. The minimum absolute atomic E-state index is 0.00685. The summed E-state index contributed by atoms with van der Waals surface area (Å²) in [4.78, 5) is 76.0. The Morgan fingerprint density at radius 3 is 1.68 bits per heavy atom. The van der Waals surface area contributed by atoms with Gasteiger partial charge in [0.05, 0.1) is 66.0 Å². The van der Waals surface area contributed by atoms with Crippen molar-refractivity contribution in [3.8, 4) is 0 Å². The highest BCUT2D eigenvalue weighted by Gasteiger charge is 2.43. The van der Waals surface area contributed by atoms with Crippen LogP contribution in [0.4, 0.5) is 57.4 Å². The Hall–Kier alpha value is -7.79. The normalized spacial score (nSPS) is 21.3. The van der Waals surface area contributed by atoms with Crippen LogP contribution in [-0.4, -0.2) is 120 Å². The van der Waals surface area contributed by atoms with Crippen LogP contribution in [0.5, 0.6) is 0 Å². The van der Waals surface area contributed by atoms with Gasteiger partial charge in [-0.1, -0.05) is 12.8 Å². The predicted octanol–water partition coefficient (Wildman–Crippen LogP) is 10.0. The predicted molar refractivity (Wildman–Crippen MR) is 281 cm³/mol. The average molecular weight is 1120 g/mol. The molecule has 1 saturated carbocycles. The lowest BCUT2D eigenvalue weighted by Crippen LogP contribution is -2.51. The smallest absolute Gasteiger partial charge is 0.416 e. The van der Waals surface area contributed by atoms with Crippen LogP contribution in [0.3, 0.4) is 0 Å². The van der Waals surface area contributed by atoms with Crippen molar-refractivity contribution in [1.29, 1.82) is 0 Å². The topological polar surface area (TPSA) is 184 Å². The van der Waals surface area contributed by atoms with E-state index in [1.54, 1.807) is 26.8 Å². The summed E-state index contributed by atoms with van der Waals surface area (Å²) in [5.41, 5.74) is 1.08. The number of hydrogen-bond acceptors (Lipinski definition) is 11. The van der Waals surface area contributed by atoms with Crippen molar-refractivity contribution in [2.45, 2.75) is 101 Å². The van der Waals surface area contributed by atoms with E-state index in [0.29, 0.717) is 67.1 Å². The van der Waals surface area contributed by atoms with Crippen molar-refractivity contribution in [3.63, 3.8) is 0 Å². The summed E-state index contributed by atoms with van der Waals surface area (Å²) < 4.78 is 117. The fraction of sp³-hybridized carbons (Fsp3) is 0.464. The number of imidazole rings is 2. The Morgan fingerprint density at radius 1 is 0.613 bits per heavy atom. The van der Waals surface area contributed by atoms with Gasteiger partial charge in [-0.25, -0.2) is 37.1 Å². The molecule has 1 unspecified atom stereocenters. The summed E-state index contributed by atoms with van der Waals surface area (Å²) in [6.07, 6.45) is 0.247. The van der Waals surface area contributed by atoms with Gasteiger partial charge in [-0.05, 0) is 106 Å². The summed E-state index contributed by atoms with van der Waals surface area (Å²) >= 11 is 0. The van der Waals surface area contributed by atoms with E-state index >= 15 is 17.6 Å². The maximum Gasteiger partial charge on any atom is 0.416 e.